The van der Waals surface area contributed by atoms with Gasteiger partial charge in [0.2, 0.25) is 0 Å². The van der Waals surface area contributed by atoms with Crippen molar-refractivity contribution in [2.75, 3.05) is 11.0 Å². The van der Waals surface area contributed by atoms with Gasteiger partial charge in [0.1, 0.15) is 17.1 Å². The summed E-state index contributed by atoms with van der Waals surface area (Å²) in [5.74, 6) is 0.428. The number of halogens is 1. The Balaban J connectivity index is 1.89. The number of rotatable bonds is 5. The molecule has 0 aliphatic carbocycles. The highest BCUT2D eigenvalue weighted by Gasteiger charge is 2.15. The van der Waals surface area contributed by atoms with Gasteiger partial charge < -0.3 is 9.47 Å². The summed E-state index contributed by atoms with van der Waals surface area (Å²) >= 11 is 7.55. The van der Waals surface area contributed by atoms with Crippen molar-refractivity contribution >= 4 is 35.2 Å². The van der Waals surface area contributed by atoms with Gasteiger partial charge in [0.15, 0.2) is 0 Å². The molecule has 0 amide bonds. The molecule has 0 radical (unpaired) electrons. The van der Waals surface area contributed by atoms with E-state index in [9.17, 15) is 4.79 Å². The van der Waals surface area contributed by atoms with Gasteiger partial charge in [-0.2, -0.15) is 4.41 Å². The second-order valence-corrected chi connectivity index (χ2v) is 6.10. The molecule has 2 aromatic rings. The van der Waals surface area contributed by atoms with Gasteiger partial charge in [-0.05, 0) is 31.2 Å². The van der Waals surface area contributed by atoms with Gasteiger partial charge in [0.25, 0.3) is 0 Å². The number of hydrogen-bond donors (Lipinski definition) is 0. The van der Waals surface area contributed by atoms with E-state index in [1.807, 2.05) is 0 Å². The molecule has 0 saturated heterocycles. The number of carbonyl (C=O) groups is 1. The van der Waals surface area contributed by atoms with Crippen LogP contribution in [0.5, 0.6) is 11.5 Å². The molecule has 6 nitrogen and oxygen atoms in total. The van der Waals surface area contributed by atoms with Gasteiger partial charge in [-0.25, -0.2) is 4.79 Å². The first kappa shape index (κ1) is 17.3. The molecule has 8 heteroatoms. The molecular weight excluding hydrogens is 362 g/mol. The van der Waals surface area contributed by atoms with E-state index in [1.165, 1.54) is 11.9 Å². The molecule has 0 aromatic heterocycles. The van der Waals surface area contributed by atoms with Crippen LogP contribution in [0.25, 0.3) is 0 Å². The summed E-state index contributed by atoms with van der Waals surface area (Å²) in [6.45, 7) is 2.04. The molecule has 0 saturated carbocycles. The Labute approximate surface area is 154 Å². The number of benzene rings is 2. The highest BCUT2D eigenvalue weighted by Crippen LogP contribution is 2.35. The third-order valence-electron chi connectivity index (χ3n) is 3.11. The van der Waals surface area contributed by atoms with Gasteiger partial charge in [0, 0.05) is 28.4 Å². The fourth-order valence-electron chi connectivity index (χ4n) is 2.10. The van der Waals surface area contributed by atoms with Crippen LogP contribution >= 0.6 is 23.5 Å². The Morgan fingerprint density at radius 3 is 2.88 bits per heavy atom. The Morgan fingerprint density at radius 2 is 2.12 bits per heavy atom. The highest BCUT2D eigenvalue weighted by molar-refractivity contribution is 8.03. The fraction of sp³-hybridized carbons (Fsp3) is 0.118. The minimum atomic E-state index is -0.439. The zero-order valence-electron chi connectivity index (χ0n) is 13.3. The predicted octanol–water partition coefficient (Wildman–Crippen LogP) is 5.62. The maximum Gasteiger partial charge on any atom is 0.341 e. The van der Waals surface area contributed by atoms with Gasteiger partial charge in [-0.1, -0.05) is 29.0 Å². The molecule has 0 bridgehead atoms. The van der Waals surface area contributed by atoms with Crippen LogP contribution in [0.4, 0.5) is 5.69 Å². The van der Waals surface area contributed by atoms with Crippen LogP contribution in [0.1, 0.15) is 17.3 Å². The molecular formula is C17H14ClN3O3S. The Bertz CT molecular complexity index is 842. The normalized spacial score (nSPS) is 13.0. The van der Waals surface area contributed by atoms with Crippen LogP contribution in [0, 0.1) is 0 Å². The zero-order chi connectivity index (χ0) is 17.6. The number of hydrogen-bond acceptors (Lipinski definition) is 7. The molecule has 3 rings (SSSR count). The minimum absolute atomic E-state index is 0.291. The SMILES string of the molecule is CCOC(=O)c1ccccc1Oc1cc(Cl)cc(N2N=NC=CS2)c1. The van der Waals surface area contributed by atoms with E-state index < -0.39 is 5.97 Å². The van der Waals surface area contributed by atoms with Crippen molar-refractivity contribution in [3.05, 3.63) is 64.7 Å². The average molecular weight is 376 g/mol. The van der Waals surface area contributed by atoms with Crippen LogP contribution in [-0.4, -0.2) is 12.6 Å². The van der Waals surface area contributed by atoms with E-state index >= 15 is 0 Å². The first-order chi connectivity index (χ1) is 12.2. The molecule has 0 spiro atoms. The molecule has 25 heavy (non-hydrogen) atoms. The van der Waals surface area contributed by atoms with E-state index in [0.29, 0.717) is 34.4 Å². The standard InChI is InChI=1S/C17H14ClN3O3S/c1-2-23-17(22)15-5-3-4-6-16(15)24-14-10-12(18)9-13(11-14)21-20-19-7-8-25-21/h3-11H,2H2,1H3. The van der Waals surface area contributed by atoms with Crippen LogP contribution in [0.15, 0.2) is 64.4 Å². The van der Waals surface area contributed by atoms with Crippen LogP contribution in [0.2, 0.25) is 5.02 Å². The molecule has 0 fully saturated rings. The molecule has 2 aromatic carbocycles. The van der Waals surface area contributed by atoms with Crippen molar-refractivity contribution in [3.63, 3.8) is 0 Å². The number of ether oxygens (including phenoxy) is 2. The Morgan fingerprint density at radius 1 is 1.28 bits per heavy atom. The van der Waals surface area contributed by atoms with Crippen molar-refractivity contribution < 1.29 is 14.3 Å². The third kappa shape index (κ3) is 4.32. The second kappa shape index (κ2) is 8.04. The predicted molar refractivity (Wildman–Crippen MR) is 98.0 cm³/mol. The van der Waals surface area contributed by atoms with Crippen LogP contribution in [-0.2, 0) is 4.74 Å². The lowest BCUT2D eigenvalue weighted by molar-refractivity contribution is 0.0523. The number of carbonyl (C=O) groups excluding carboxylic acids is 1. The topological polar surface area (TPSA) is 63.5 Å². The first-order valence-corrected chi connectivity index (χ1v) is 8.66. The Kier molecular flexibility index (Phi) is 5.57. The van der Waals surface area contributed by atoms with Crippen molar-refractivity contribution in [2.24, 2.45) is 10.3 Å². The summed E-state index contributed by atoms with van der Waals surface area (Å²) in [7, 11) is 0. The first-order valence-electron chi connectivity index (χ1n) is 7.44. The van der Waals surface area contributed by atoms with Gasteiger partial charge >= 0.3 is 5.97 Å². The van der Waals surface area contributed by atoms with Gasteiger partial charge in [-0.3, -0.25) is 0 Å². The van der Waals surface area contributed by atoms with E-state index in [4.69, 9.17) is 21.1 Å². The Hall–Kier alpha value is -2.51. The third-order valence-corrected chi connectivity index (χ3v) is 4.05. The zero-order valence-corrected chi connectivity index (χ0v) is 14.8. The summed E-state index contributed by atoms with van der Waals surface area (Å²) in [6, 6.07) is 12.1. The lowest BCUT2D eigenvalue weighted by Crippen LogP contribution is -2.07. The van der Waals surface area contributed by atoms with Crippen molar-refractivity contribution in [1.29, 1.82) is 0 Å². The van der Waals surface area contributed by atoms with E-state index in [2.05, 4.69) is 10.3 Å². The lowest BCUT2D eigenvalue weighted by Gasteiger charge is -2.17. The molecule has 0 atom stereocenters. The maximum absolute atomic E-state index is 12.1. The summed E-state index contributed by atoms with van der Waals surface area (Å²) in [5, 5.41) is 10.1. The molecule has 0 unspecified atom stereocenters. The fourth-order valence-corrected chi connectivity index (χ4v) is 2.85. The van der Waals surface area contributed by atoms with Crippen LogP contribution in [0.3, 0.4) is 0 Å². The van der Waals surface area contributed by atoms with Crippen molar-refractivity contribution in [3.8, 4) is 11.5 Å². The molecule has 128 valence electrons. The number of nitrogens with zero attached hydrogens (tertiary/aromatic N) is 3. The maximum atomic E-state index is 12.1. The summed E-state index contributed by atoms with van der Waals surface area (Å²) in [6.07, 6.45) is 1.60. The van der Waals surface area contributed by atoms with E-state index in [1.54, 1.807) is 65.4 Å². The smallest absolute Gasteiger partial charge is 0.341 e. The van der Waals surface area contributed by atoms with Crippen molar-refractivity contribution in [2.45, 2.75) is 6.92 Å². The van der Waals surface area contributed by atoms with Crippen molar-refractivity contribution in [1.82, 2.24) is 0 Å². The highest BCUT2D eigenvalue weighted by atomic mass is 35.5. The number of anilines is 1. The van der Waals surface area contributed by atoms with E-state index in [-0.39, 0.29) is 0 Å². The van der Waals surface area contributed by atoms with Gasteiger partial charge in [0.05, 0.1) is 18.5 Å². The monoisotopic (exact) mass is 375 g/mol. The second-order valence-electron chi connectivity index (χ2n) is 4.83. The molecule has 0 N–H and O–H groups in total. The number of para-hydroxylation sites is 1. The van der Waals surface area contributed by atoms with Crippen LogP contribution < -0.4 is 9.15 Å². The quantitative estimate of drug-likeness (QED) is 0.501. The summed E-state index contributed by atoms with van der Waals surface area (Å²) < 4.78 is 12.5. The number of esters is 1. The molecule has 1 heterocycles. The molecule has 1 aliphatic rings. The summed E-state index contributed by atoms with van der Waals surface area (Å²) in [5.41, 5.74) is 1.05. The largest absolute Gasteiger partial charge is 0.462 e. The molecule has 1 aliphatic heterocycles. The summed E-state index contributed by atoms with van der Waals surface area (Å²) in [4.78, 5) is 12.1. The minimum Gasteiger partial charge on any atom is -0.462 e. The lowest BCUT2D eigenvalue weighted by atomic mass is 10.2. The average Bonchev–Trinajstić information content (AvgIpc) is 2.62. The van der Waals surface area contributed by atoms with Gasteiger partial charge in [-0.15, -0.1) is 5.11 Å². The van der Waals surface area contributed by atoms with E-state index in [0.717, 1.165) is 0 Å².